The Morgan fingerprint density at radius 1 is 1.06 bits per heavy atom. The highest BCUT2D eigenvalue weighted by atomic mass is 32.1. The van der Waals surface area contributed by atoms with Crippen molar-refractivity contribution in [3.63, 3.8) is 0 Å². The van der Waals surface area contributed by atoms with Gasteiger partial charge in [0.25, 0.3) is 5.69 Å². The summed E-state index contributed by atoms with van der Waals surface area (Å²) in [6.45, 7) is 2.04. The Morgan fingerprint density at radius 3 is 2.52 bits per heavy atom. The van der Waals surface area contributed by atoms with Crippen molar-refractivity contribution >= 4 is 23.2 Å². The van der Waals surface area contributed by atoms with Crippen molar-refractivity contribution in [1.29, 1.82) is 0 Å². The molecule has 4 aromatic rings. The molecule has 7 nitrogen and oxygen atoms in total. The number of aromatic nitrogens is 1. The van der Waals surface area contributed by atoms with Gasteiger partial charge in [0.05, 0.1) is 16.8 Å². The van der Waals surface area contributed by atoms with E-state index >= 15 is 0 Å². The van der Waals surface area contributed by atoms with Crippen LogP contribution in [0.15, 0.2) is 88.4 Å². The molecule has 154 valence electrons. The van der Waals surface area contributed by atoms with Crippen LogP contribution < -0.4 is 4.80 Å². The quantitative estimate of drug-likeness (QED) is 0.272. The van der Waals surface area contributed by atoms with Crippen LogP contribution in [0.25, 0.3) is 16.9 Å². The largest absolute Gasteiger partial charge is 0.507 e. The molecular weight excluding hydrogens is 412 g/mol. The number of aryl methyl sites for hydroxylation is 1. The number of non-ortho nitro benzene ring substituents is 1. The van der Waals surface area contributed by atoms with Crippen LogP contribution in [0, 0.1) is 17.0 Å². The highest BCUT2D eigenvalue weighted by Crippen LogP contribution is 2.24. The van der Waals surface area contributed by atoms with Gasteiger partial charge in [0.15, 0.2) is 0 Å². The summed E-state index contributed by atoms with van der Waals surface area (Å²) in [4.78, 5) is 11.1. The maximum atomic E-state index is 11.0. The third kappa shape index (κ3) is 4.44. The number of thiazole rings is 1. The van der Waals surface area contributed by atoms with Gasteiger partial charge in [-0.15, -0.1) is 16.4 Å². The van der Waals surface area contributed by atoms with Gasteiger partial charge in [-0.2, -0.15) is 5.10 Å². The number of para-hydroxylation sites is 1. The van der Waals surface area contributed by atoms with Crippen LogP contribution in [0.2, 0.25) is 0 Å². The summed E-state index contributed by atoms with van der Waals surface area (Å²) >= 11 is 1.43. The third-order valence-electron chi connectivity index (χ3n) is 4.63. The van der Waals surface area contributed by atoms with Gasteiger partial charge < -0.3 is 5.11 Å². The molecular formula is C23H18N4O3S. The SMILES string of the molecule is Cc1ccc(-c2csc(=NN=Cc3cc([N+](=O)[O-])ccc3O)n2-c2ccccc2)cc1. The smallest absolute Gasteiger partial charge is 0.270 e. The first-order valence-electron chi connectivity index (χ1n) is 9.40. The minimum Gasteiger partial charge on any atom is -0.507 e. The second kappa shape index (κ2) is 8.76. The van der Waals surface area contributed by atoms with E-state index in [1.807, 2.05) is 47.2 Å². The molecule has 0 aliphatic heterocycles. The number of rotatable bonds is 5. The van der Waals surface area contributed by atoms with E-state index < -0.39 is 4.92 Å². The summed E-state index contributed by atoms with van der Waals surface area (Å²) in [5, 5.41) is 31.4. The normalized spacial score (nSPS) is 11.8. The standard InChI is InChI=1S/C23H18N4O3S/c1-16-7-9-17(10-8-16)21-15-31-23(26(21)19-5-3-2-4-6-19)25-24-14-18-13-20(27(29)30)11-12-22(18)28/h2-15,28H,1H3. The van der Waals surface area contributed by atoms with Gasteiger partial charge in [0.2, 0.25) is 4.80 Å². The van der Waals surface area contributed by atoms with Crippen molar-refractivity contribution in [2.24, 2.45) is 10.2 Å². The molecule has 1 heterocycles. The Morgan fingerprint density at radius 2 is 1.81 bits per heavy atom. The predicted octanol–water partition coefficient (Wildman–Crippen LogP) is 5.06. The molecule has 0 amide bonds. The lowest BCUT2D eigenvalue weighted by atomic mass is 10.1. The molecule has 0 atom stereocenters. The first kappa shape index (κ1) is 20.2. The van der Waals surface area contributed by atoms with E-state index in [1.165, 1.54) is 41.3 Å². The number of aromatic hydroxyl groups is 1. The number of hydrogen-bond donors (Lipinski definition) is 1. The van der Waals surface area contributed by atoms with Gasteiger partial charge in [-0.05, 0) is 30.7 Å². The molecule has 0 radical (unpaired) electrons. The second-order valence-corrected chi connectivity index (χ2v) is 7.62. The molecule has 0 aliphatic rings. The molecule has 0 spiro atoms. The fraction of sp³-hybridized carbons (Fsp3) is 0.0435. The van der Waals surface area contributed by atoms with Crippen molar-refractivity contribution in [1.82, 2.24) is 4.57 Å². The van der Waals surface area contributed by atoms with Crippen molar-refractivity contribution in [3.8, 4) is 22.7 Å². The van der Waals surface area contributed by atoms with Crippen molar-refractivity contribution in [2.45, 2.75) is 6.92 Å². The average Bonchev–Trinajstić information content (AvgIpc) is 3.20. The summed E-state index contributed by atoms with van der Waals surface area (Å²) in [6, 6.07) is 21.8. The molecule has 8 heteroatoms. The number of phenolic OH excluding ortho intramolecular Hbond substituents is 1. The van der Waals surface area contributed by atoms with Crippen LogP contribution in [0.1, 0.15) is 11.1 Å². The fourth-order valence-electron chi connectivity index (χ4n) is 3.03. The van der Waals surface area contributed by atoms with E-state index in [1.54, 1.807) is 0 Å². The number of nitrogens with zero attached hydrogens (tertiary/aromatic N) is 4. The minimum atomic E-state index is -0.523. The van der Waals surface area contributed by atoms with Crippen LogP contribution in [-0.4, -0.2) is 20.8 Å². The van der Waals surface area contributed by atoms with Gasteiger partial charge in [0.1, 0.15) is 5.75 Å². The Balaban J connectivity index is 1.79. The van der Waals surface area contributed by atoms with Crippen LogP contribution >= 0.6 is 11.3 Å². The molecule has 31 heavy (non-hydrogen) atoms. The topological polar surface area (TPSA) is 93.0 Å². The van der Waals surface area contributed by atoms with Gasteiger partial charge in [-0.1, -0.05) is 48.0 Å². The summed E-state index contributed by atoms with van der Waals surface area (Å²) in [6.07, 6.45) is 1.31. The first-order chi connectivity index (χ1) is 15.0. The fourth-order valence-corrected chi connectivity index (χ4v) is 3.89. The van der Waals surface area contributed by atoms with E-state index in [9.17, 15) is 15.2 Å². The molecule has 0 unspecified atom stereocenters. The van der Waals surface area contributed by atoms with E-state index in [2.05, 4.69) is 34.5 Å². The van der Waals surface area contributed by atoms with Gasteiger partial charge in [0, 0.05) is 28.8 Å². The van der Waals surface area contributed by atoms with Crippen LogP contribution in [0.5, 0.6) is 5.75 Å². The lowest BCUT2D eigenvalue weighted by molar-refractivity contribution is -0.384. The van der Waals surface area contributed by atoms with Gasteiger partial charge in [-0.25, -0.2) is 0 Å². The maximum Gasteiger partial charge on any atom is 0.270 e. The molecule has 0 aliphatic carbocycles. The van der Waals surface area contributed by atoms with Crippen LogP contribution in [0.3, 0.4) is 0 Å². The predicted molar refractivity (Wildman–Crippen MR) is 122 cm³/mol. The number of hydrogen-bond acceptors (Lipinski definition) is 6. The molecule has 1 N–H and O–H groups in total. The van der Waals surface area contributed by atoms with Gasteiger partial charge in [-0.3, -0.25) is 14.7 Å². The highest BCUT2D eigenvalue weighted by Gasteiger charge is 2.11. The van der Waals surface area contributed by atoms with E-state index in [0.717, 1.165) is 16.9 Å². The number of nitro groups is 1. The molecule has 1 aromatic heterocycles. The van der Waals surface area contributed by atoms with E-state index in [4.69, 9.17) is 0 Å². The van der Waals surface area contributed by atoms with E-state index in [0.29, 0.717) is 4.80 Å². The monoisotopic (exact) mass is 430 g/mol. The Labute approximate surface area is 182 Å². The van der Waals surface area contributed by atoms with Crippen molar-refractivity contribution in [2.75, 3.05) is 0 Å². The first-order valence-corrected chi connectivity index (χ1v) is 10.3. The van der Waals surface area contributed by atoms with E-state index in [-0.39, 0.29) is 17.0 Å². The summed E-state index contributed by atoms with van der Waals surface area (Å²) in [5.74, 6) is -0.105. The molecule has 3 aromatic carbocycles. The average molecular weight is 430 g/mol. The summed E-state index contributed by atoms with van der Waals surface area (Å²) < 4.78 is 2.00. The Hall–Kier alpha value is -4.04. The lowest BCUT2D eigenvalue weighted by Crippen LogP contribution is -2.13. The Bertz CT molecular complexity index is 1320. The second-order valence-electron chi connectivity index (χ2n) is 6.79. The molecule has 0 fully saturated rings. The third-order valence-corrected chi connectivity index (χ3v) is 5.45. The Kier molecular flexibility index (Phi) is 5.72. The zero-order chi connectivity index (χ0) is 21.8. The highest BCUT2D eigenvalue weighted by molar-refractivity contribution is 7.07. The maximum absolute atomic E-state index is 11.0. The van der Waals surface area contributed by atoms with Crippen molar-refractivity contribution in [3.05, 3.63) is 104 Å². The minimum absolute atomic E-state index is 0.105. The summed E-state index contributed by atoms with van der Waals surface area (Å²) in [5.41, 5.74) is 4.23. The zero-order valence-corrected chi connectivity index (χ0v) is 17.4. The zero-order valence-electron chi connectivity index (χ0n) is 16.5. The van der Waals surface area contributed by atoms with Crippen molar-refractivity contribution < 1.29 is 10.0 Å². The summed E-state index contributed by atoms with van der Waals surface area (Å²) in [7, 11) is 0. The lowest BCUT2D eigenvalue weighted by Gasteiger charge is -2.09. The number of benzene rings is 3. The van der Waals surface area contributed by atoms with Crippen LogP contribution in [-0.2, 0) is 0 Å². The van der Waals surface area contributed by atoms with Gasteiger partial charge >= 0.3 is 0 Å². The number of phenols is 1. The number of nitro benzene ring substituents is 1. The molecule has 0 saturated heterocycles. The molecule has 0 saturated carbocycles. The molecule has 0 bridgehead atoms. The van der Waals surface area contributed by atoms with Crippen LogP contribution in [0.4, 0.5) is 5.69 Å². The molecule has 4 rings (SSSR count).